The Balaban J connectivity index is 1.64. The summed E-state index contributed by atoms with van der Waals surface area (Å²) in [7, 11) is 1.66. The summed E-state index contributed by atoms with van der Waals surface area (Å²) in [6.45, 7) is 6.53. The minimum absolute atomic E-state index is 0.0314. The van der Waals surface area contributed by atoms with Crippen LogP contribution in [0.4, 0.5) is 0 Å². The zero-order chi connectivity index (χ0) is 26.8. The second-order valence-corrected chi connectivity index (χ2v) is 8.81. The lowest BCUT2D eigenvalue weighted by molar-refractivity contribution is -0.000396. The number of ether oxygens (including phenoxy) is 2. The first-order valence-electron chi connectivity index (χ1n) is 12.6. The SMILES string of the molecule is C=CC(=CC)C(OCc1ccc(C#Cc2ccc(CO)cc2)cc1)(c1ccccc1)c1ccc(OC)cc1. The van der Waals surface area contributed by atoms with Crippen molar-refractivity contribution >= 4 is 0 Å². The van der Waals surface area contributed by atoms with Crippen LogP contribution in [0.5, 0.6) is 5.75 Å². The van der Waals surface area contributed by atoms with Gasteiger partial charge in [0.05, 0.1) is 20.3 Å². The third kappa shape index (κ3) is 5.95. The van der Waals surface area contributed by atoms with Crippen molar-refractivity contribution in [3.63, 3.8) is 0 Å². The van der Waals surface area contributed by atoms with Gasteiger partial charge in [0.2, 0.25) is 0 Å². The van der Waals surface area contributed by atoms with Gasteiger partial charge < -0.3 is 14.6 Å². The summed E-state index contributed by atoms with van der Waals surface area (Å²) in [6.07, 6.45) is 3.92. The Kier molecular flexibility index (Phi) is 8.95. The Morgan fingerprint density at radius 3 is 1.84 bits per heavy atom. The van der Waals surface area contributed by atoms with Crippen LogP contribution in [0.1, 0.15) is 40.3 Å². The number of allylic oxidation sites excluding steroid dienone is 1. The summed E-state index contributed by atoms with van der Waals surface area (Å²) in [5.41, 5.74) is 5.87. The van der Waals surface area contributed by atoms with E-state index in [0.29, 0.717) is 6.61 Å². The van der Waals surface area contributed by atoms with Crippen molar-refractivity contribution in [3.8, 4) is 17.6 Å². The molecule has 1 atom stereocenters. The maximum Gasteiger partial charge on any atom is 0.143 e. The Labute approximate surface area is 225 Å². The molecule has 4 rings (SSSR count). The van der Waals surface area contributed by atoms with Crippen molar-refractivity contribution in [1.29, 1.82) is 0 Å². The molecule has 190 valence electrons. The van der Waals surface area contributed by atoms with E-state index < -0.39 is 5.60 Å². The molecule has 0 saturated heterocycles. The summed E-state index contributed by atoms with van der Waals surface area (Å²) in [5.74, 6) is 7.18. The second kappa shape index (κ2) is 12.7. The van der Waals surface area contributed by atoms with Crippen molar-refractivity contribution in [2.45, 2.75) is 25.7 Å². The van der Waals surface area contributed by atoms with Crippen LogP contribution in [0.2, 0.25) is 0 Å². The highest BCUT2D eigenvalue weighted by Crippen LogP contribution is 2.42. The first kappa shape index (κ1) is 26.7. The Hall–Kier alpha value is -4.36. The van der Waals surface area contributed by atoms with Crippen LogP contribution in [0.15, 0.2) is 127 Å². The molecule has 0 aromatic heterocycles. The van der Waals surface area contributed by atoms with Crippen LogP contribution in [0, 0.1) is 11.8 Å². The van der Waals surface area contributed by atoms with Gasteiger partial charge in [0.25, 0.3) is 0 Å². The third-order valence-corrected chi connectivity index (χ3v) is 6.51. The van der Waals surface area contributed by atoms with E-state index in [4.69, 9.17) is 9.47 Å². The molecule has 0 amide bonds. The quantitative estimate of drug-likeness (QED) is 0.195. The van der Waals surface area contributed by atoms with Crippen LogP contribution < -0.4 is 4.74 Å². The average molecular weight is 501 g/mol. The highest BCUT2D eigenvalue weighted by atomic mass is 16.5. The number of benzene rings is 4. The van der Waals surface area contributed by atoms with Gasteiger partial charge in [0.1, 0.15) is 11.4 Å². The predicted octanol–water partition coefficient (Wildman–Crippen LogP) is 7.18. The van der Waals surface area contributed by atoms with Gasteiger partial charge in [-0.05, 0) is 71.1 Å². The zero-order valence-corrected chi connectivity index (χ0v) is 21.9. The van der Waals surface area contributed by atoms with Crippen LogP contribution >= 0.6 is 0 Å². The molecule has 0 fully saturated rings. The highest BCUT2D eigenvalue weighted by molar-refractivity contribution is 5.50. The van der Waals surface area contributed by atoms with E-state index >= 15 is 0 Å². The van der Waals surface area contributed by atoms with Crippen molar-refractivity contribution < 1.29 is 14.6 Å². The smallest absolute Gasteiger partial charge is 0.143 e. The summed E-state index contributed by atoms with van der Waals surface area (Å²) >= 11 is 0. The van der Waals surface area contributed by atoms with Crippen LogP contribution in [0.25, 0.3) is 0 Å². The van der Waals surface area contributed by atoms with E-state index in [1.165, 1.54) is 0 Å². The lowest BCUT2D eigenvalue weighted by Gasteiger charge is -2.36. The van der Waals surface area contributed by atoms with Crippen LogP contribution in [-0.4, -0.2) is 12.2 Å². The maximum atomic E-state index is 9.21. The molecule has 38 heavy (non-hydrogen) atoms. The molecular weight excluding hydrogens is 468 g/mol. The van der Waals surface area contributed by atoms with Gasteiger partial charge in [-0.15, -0.1) is 0 Å². The van der Waals surface area contributed by atoms with Gasteiger partial charge >= 0.3 is 0 Å². The second-order valence-electron chi connectivity index (χ2n) is 8.81. The van der Waals surface area contributed by atoms with Gasteiger partial charge in [-0.1, -0.05) is 97.3 Å². The van der Waals surface area contributed by atoms with E-state index in [2.05, 4.69) is 36.6 Å². The lowest BCUT2D eigenvalue weighted by Crippen LogP contribution is -2.33. The summed E-state index contributed by atoms with van der Waals surface area (Å²) in [6, 6.07) is 34.0. The molecule has 0 heterocycles. The van der Waals surface area contributed by atoms with Crippen molar-refractivity contribution in [1.82, 2.24) is 0 Å². The van der Waals surface area contributed by atoms with Gasteiger partial charge in [-0.3, -0.25) is 0 Å². The molecule has 3 nitrogen and oxygen atoms in total. The van der Waals surface area contributed by atoms with Crippen molar-refractivity contribution in [2.75, 3.05) is 7.11 Å². The summed E-state index contributed by atoms with van der Waals surface area (Å²) in [4.78, 5) is 0. The first-order valence-corrected chi connectivity index (χ1v) is 12.6. The van der Waals surface area contributed by atoms with E-state index in [1.807, 2.05) is 104 Å². The minimum Gasteiger partial charge on any atom is -0.497 e. The van der Waals surface area contributed by atoms with Crippen LogP contribution in [0.3, 0.4) is 0 Å². The molecule has 1 unspecified atom stereocenters. The lowest BCUT2D eigenvalue weighted by atomic mass is 9.79. The zero-order valence-electron chi connectivity index (χ0n) is 21.9. The van der Waals surface area contributed by atoms with E-state index in [9.17, 15) is 5.11 Å². The molecule has 3 heteroatoms. The molecule has 0 spiro atoms. The van der Waals surface area contributed by atoms with Crippen LogP contribution in [-0.2, 0) is 23.6 Å². The maximum absolute atomic E-state index is 9.21. The fourth-order valence-corrected chi connectivity index (χ4v) is 4.43. The van der Waals surface area contributed by atoms with Crippen molar-refractivity contribution in [2.24, 2.45) is 0 Å². The molecule has 4 aromatic carbocycles. The average Bonchev–Trinajstić information content (AvgIpc) is 2.99. The van der Waals surface area contributed by atoms with Gasteiger partial charge in [-0.2, -0.15) is 0 Å². The highest BCUT2D eigenvalue weighted by Gasteiger charge is 2.38. The largest absolute Gasteiger partial charge is 0.497 e. The number of hydrogen-bond donors (Lipinski definition) is 1. The van der Waals surface area contributed by atoms with Gasteiger partial charge in [-0.25, -0.2) is 0 Å². The first-order chi connectivity index (χ1) is 18.6. The molecular formula is C35H32O3. The molecule has 0 aliphatic rings. The Bertz CT molecular complexity index is 1420. The molecule has 4 aromatic rings. The van der Waals surface area contributed by atoms with E-state index in [1.54, 1.807) is 7.11 Å². The van der Waals surface area contributed by atoms with E-state index in [0.717, 1.165) is 44.7 Å². The minimum atomic E-state index is -0.844. The molecule has 0 aliphatic carbocycles. The van der Waals surface area contributed by atoms with E-state index in [-0.39, 0.29) is 6.61 Å². The summed E-state index contributed by atoms with van der Waals surface area (Å²) in [5, 5.41) is 9.21. The molecule has 0 radical (unpaired) electrons. The molecule has 1 N–H and O–H groups in total. The van der Waals surface area contributed by atoms with Gasteiger partial charge in [0.15, 0.2) is 0 Å². The number of methoxy groups -OCH3 is 1. The molecule has 0 aliphatic heterocycles. The normalized spacial score (nSPS) is 12.7. The predicted molar refractivity (Wildman–Crippen MR) is 154 cm³/mol. The fourth-order valence-electron chi connectivity index (χ4n) is 4.43. The fraction of sp³-hybridized carbons (Fsp3) is 0.143. The number of rotatable bonds is 9. The standard InChI is InChI=1S/C35H32O3/c1-4-31(5-2)35(32-9-7-6-8-10-32,33-21-23-34(37-3)24-22-33)38-26-30-19-15-28(16-20-30)12-11-27-13-17-29(25-36)18-14-27/h4-10,13-24,36H,1,25-26H2,2-3H3. The Morgan fingerprint density at radius 1 is 0.789 bits per heavy atom. The topological polar surface area (TPSA) is 38.7 Å². The number of aliphatic hydroxyl groups excluding tert-OH is 1. The Morgan fingerprint density at radius 2 is 1.34 bits per heavy atom. The monoisotopic (exact) mass is 500 g/mol. The number of aliphatic hydroxyl groups is 1. The van der Waals surface area contributed by atoms with Crippen molar-refractivity contribution in [3.05, 3.63) is 161 Å². The molecule has 0 saturated carbocycles. The third-order valence-electron chi connectivity index (χ3n) is 6.51. The summed E-state index contributed by atoms with van der Waals surface area (Å²) < 4.78 is 12.3. The van der Waals surface area contributed by atoms with Gasteiger partial charge in [0, 0.05) is 11.1 Å². The molecule has 0 bridgehead atoms. The number of hydrogen-bond acceptors (Lipinski definition) is 3.